The summed E-state index contributed by atoms with van der Waals surface area (Å²) in [4.78, 5) is 0. The van der Waals surface area contributed by atoms with Gasteiger partial charge in [0.2, 0.25) is 0 Å². The Morgan fingerprint density at radius 2 is 0.763 bits per heavy atom. The Balaban J connectivity index is 4.63. The molecule has 0 heterocycles. The number of ether oxygens (including phenoxy) is 4. The van der Waals surface area contributed by atoms with E-state index in [0.717, 1.165) is 12.8 Å². The standard InChI is InChI=1S/C31H68O5Si2/c1-26(2,3)37(15,16)30(11,12)33-21-19-28(7,8)35-23-25(32)24-36-29(9,10)20-22-34-31(13,14)38(17,18)27(4,5)6/h25,32H,19-24H2,1-18H3. The average molecular weight is 577 g/mol. The summed E-state index contributed by atoms with van der Waals surface area (Å²) in [5, 5.41) is 10.8. The maximum absolute atomic E-state index is 10.6. The molecule has 1 N–H and O–H groups in total. The van der Waals surface area contributed by atoms with Gasteiger partial charge < -0.3 is 24.1 Å². The molecule has 0 aromatic heterocycles. The Labute approximate surface area is 240 Å². The summed E-state index contributed by atoms with van der Waals surface area (Å²) in [6, 6.07) is 0. The first-order valence-corrected chi connectivity index (χ1v) is 20.8. The Morgan fingerprint density at radius 1 is 0.500 bits per heavy atom. The summed E-state index contributed by atoms with van der Waals surface area (Å²) in [6.07, 6.45) is 0.861. The highest BCUT2D eigenvalue weighted by atomic mass is 28.3. The summed E-state index contributed by atoms with van der Waals surface area (Å²) >= 11 is 0. The fourth-order valence-electron chi connectivity index (χ4n) is 4.11. The third-order valence-electron chi connectivity index (χ3n) is 10.4. The summed E-state index contributed by atoms with van der Waals surface area (Å²) in [5.74, 6) is 0. The minimum Gasteiger partial charge on any atom is -0.388 e. The van der Waals surface area contributed by atoms with E-state index in [0.29, 0.717) is 13.2 Å². The van der Waals surface area contributed by atoms with Gasteiger partial charge in [-0.2, -0.15) is 0 Å². The topological polar surface area (TPSA) is 57.2 Å². The molecule has 0 bridgehead atoms. The quantitative estimate of drug-likeness (QED) is 0.187. The number of aliphatic hydroxyl groups excluding tert-OH is 1. The minimum atomic E-state index is -1.66. The van der Waals surface area contributed by atoms with Crippen molar-refractivity contribution in [3.63, 3.8) is 0 Å². The lowest BCUT2D eigenvalue weighted by atomic mass is 10.1. The Bertz CT molecular complexity index is 653. The van der Waals surface area contributed by atoms with E-state index < -0.39 is 22.3 Å². The molecule has 38 heavy (non-hydrogen) atoms. The molecular formula is C31H68O5Si2. The summed E-state index contributed by atoms with van der Waals surface area (Å²) in [7, 11) is -3.32. The Morgan fingerprint density at radius 3 is 1.00 bits per heavy atom. The van der Waals surface area contributed by atoms with E-state index in [9.17, 15) is 5.11 Å². The smallest absolute Gasteiger partial charge is 0.101 e. The monoisotopic (exact) mass is 576 g/mol. The zero-order valence-corrected chi connectivity index (χ0v) is 30.9. The predicted molar refractivity (Wildman–Crippen MR) is 170 cm³/mol. The van der Waals surface area contributed by atoms with Gasteiger partial charge in [0.05, 0.1) is 51.0 Å². The first kappa shape index (κ1) is 38.2. The minimum absolute atomic E-state index is 0.135. The molecule has 0 aliphatic rings. The molecule has 0 fully saturated rings. The molecule has 0 radical (unpaired) electrons. The number of hydrogen-bond donors (Lipinski definition) is 1. The molecule has 0 spiro atoms. The van der Waals surface area contributed by atoms with Gasteiger partial charge in [0.25, 0.3) is 0 Å². The molecule has 230 valence electrons. The van der Waals surface area contributed by atoms with E-state index in [1.807, 2.05) is 0 Å². The summed E-state index contributed by atoms with van der Waals surface area (Å²) < 4.78 is 25.1. The molecule has 0 aliphatic carbocycles. The molecule has 0 aromatic carbocycles. The highest BCUT2D eigenvalue weighted by Crippen LogP contribution is 2.45. The zero-order chi connectivity index (χ0) is 30.6. The van der Waals surface area contributed by atoms with Crippen LogP contribution in [0.4, 0.5) is 0 Å². The van der Waals surface area contributed by atoms with Gasteiger partial charge in [-0.25, -0.2) is 0 Å². The Hall–Kier alpha value is 0.234. The second-order valence-corrected chi connectivity index (χ2v) is 28.7. The van der Waals surface area contributed by atoms with Gasteiger partial charge in [-0.1, -0.05) is 67.7 Å². The van der Waals surface area contributed by atoms with Crippen molar-refractivity contribution in [1.29, 1.82) is 0 Å². The fourth-order valence-corrected chi connectivity index (χ4v) is 8.65. The van der Waals surface area contributed by atoms with Crippen LogP contribution in [0.3, 0.4) is 0 Å². The number of rotatable bonds is 16. The first-order valence-electron chi connectivity index (χ1n) is 14.8. The molecule has 0 aliphatic heterocycles. The van der Waals surface area contributed by atoms with Crippen LogP contribution in [0, 0.1) is 0 Å². The molecule has 0 unspecified atom stereocenters. The van der Waals surface area contributed by atoms with Gasteiger partial charge in [-0.15, -0.1) is 0 Å². The number of hydrogen-bond acceptors (Lipinski definition) is 5. The molecule has 0 saturated carbocycles. The summed E-state index contributed by atoms with van der Waals surface area (Å²) in [5.41, 5.74) is -0.771. The molecule has 0 atom stereocenters. The van der Waals surface area contributed by atoms with Gasteiger partial charge >= 0.3 is 0 Å². The van der Waals surface area contributed by atoms with Crippen molar-refractivity contribution in [1.82, 2.24) is 0 Å². The van der Waals surface area contributed by atoms with Crippen molar-refractivity contribution in [2.24, 2.45) is 0 Å². The molecule has 7 heteroatoms. The molecular weight excluding hydrogens is 509 g/mol. The van der Waals surface area contributed by atoms with E-state index in [2.05, 4.69) is 123 Å². The molecule has 5 nitrogen and oxygen atoms in total. The van der Waals surface area contributed by atoms with Crippen molar-refractivity contribution in [3.8, 4) is 0 Å². The fraction of sp³-hybridized carbons (Fsp3) is 1.00. The average Bonchev–Trinajstić information content (AvgIpc) is 2.68. The van der Waals surface area contributed by atoms with Crippen LogP contribution >= 0.6 is 0 Å². The summed E-state index contributed by atoms with van der Waals surface area (Å²) in [6.45, 7) is 42.5. The highest BCUT2D eigenvalue weighted by Gasteiger charge is 2.49. The lowest BCUT2D eigenvalue weighted by Gasteiger charge is -2.48. The van der Waals surface area contributed by atoms with Gasteiger partial charge in [0.1, 0.15) is 6.10 Å². The zero-order valence-electron chi connectivity index (χ0n) is 28.9. The molecule has 0 saturated heterocycles. The van der Waals surface area contributed by atoms with Crippen LogP contribution < -0.4 is 0 Å². The molecule has 0 aromatic rings. The van der Waals surface area contributed by atoms with E-state index >= 15 is 0 Å². The Kier molecular flexibility index (Phi) is 13.1. The lowest BCUT2D eigenvalue weighted by Crippen LogP contribution is -2.58. The van der Waals surface area contributed by atoms with Gasteiger partial charge in [-0.3, -0.25) is 0 Å². The van der Waals surface area contributed by atoms with Crippen LogP contribution in [-0.2, 0) is 18.9 Å². The van der Waals surface area contributed by atoms with Crippen molar-refractivity contribution in [2.75, 3.05) is 26.4 Å². The molecule has 0 amide bonds. The van der Waals surface area contributed by atoms with Gasteiger partial charge in [0.15, 0.2) is 0 Å². The van der Waals surface area contributed by atoms with E-state index in [1.165, 1.54) is 0 Å². The molecule has 0 rings (SSSR count). The van der Waals surface area contributed by atoms with Gasteiger partial charge in [0, 0.05) is 13.2 Å². The third kappa shape index (κ3) is 10.9. The second kappa shape index (κ2) is 13.0. The van der Waals surface area contributed by atoms with E-state index in [-0.39, 0.29) is 44.9 Å². The van der Waals surface area contributed by atoms with E-state index in [4.69, 9.17) is 18.9 Å². The van der Waals surface area contributed by atoms with Crippen LogP contribution in [0.25, 0.3) is 0 Å². The largest absolute Gasteiger partial charge is 0.388 e. The normalized spacial score (nSPS) is 15.5. The second-order valence-electron chi connectivity index (χ2n) is 16.8. The van der Waals surface area contributed by atoms with Crippen molar-refractivity contribution in [3.05, 3.63) is 0 Å². The van der Waals surface area contributed by atoms with Crippen LogP contribution in [0.15, 0.2) is 0 Å². The van der Waals surface area contributed by atoms with Gasteiger partial charge in [-0.05, 0) is 78.3 Å². The van der Waals surface area contributed by atoms with Crippen molar-refractivity contribution >= 4 is 16.1 Å². The van der Waals surface area contributed by atoms with Crippen LogP contribution in [0.1, 0.15) is 110 Å². The maximum atomic E-state index is 10.6. The van der Waals surface area contributed by atoms with E-state index in [1.54, 1.807) is 0 Å². The van der Waals surface area contributed by atoms with Crippen LogP contribution in [0.2, 0.25) is 36.3 Å². The van der Waals surface area contributed by atoms with Crippen molar-refractivity contribution in [2.45, 2.75) is 174 Å². The highest BCUT2D eigenvalue weighted by molar-refractivity contribution is 6.83. The first-order chi connectivity index (χ1) is 16.5. The third-order valence-corrected chi connectivity index (χ3v) is 24.2. The predicted octanol–water partition coefficient (Wildman–Crippen LogP) is 8.40. The van der Waals surface area contributed by atoms with Crippen LogP contribution in [0.5, 0.6) is 0 Å². The van der Waals surface area contributed by atoms with Crippen molar-refractivity contribution < 1.29 is 24.1 Å². The van der Waals surface area contributed by atoms with Crippen LogP contribution in [-0.4, -0.2) is 75.4 Å². The lowest BCUT2D eigenvalue weighted by molar-refractivity contribution is -0.120. The number of aliphatic hydroxyl groups is 1. The maximum Gasteiger partial charge on any atom is 0.101 e. The SMILES string of the molecule is CC(C)(CCOC(C)(C)[Si](C)(C)C(C)(C)C)OCC(O)COC(C)(C)CCOC(C)(C)[Si](C)(C)C(C)(C)C.